The molecular formula is C10H18N2. The Kier molecular flexibility index (Phi) is 3.13. The molecule has 0 amide bonds. The Labute approximate surface area is 74.9 Å². The molecule has 0 bridgehead atoms. The largest absolute Gasteiger partial charge is 0.271 e. The van der Waals surface area contributed by atoms with Gasteiger partial charge in [0.1, 0.15) is 0 Å². The lowest BCUT2D eigenvalue weighted by Crippen LogP contribution is -2.45. The third-order valence-corrected chi connectivity index (χ3v) is 3.11. The Hall–Kier alpha value is -0.520. The summed E-state index contributed by atoms with van der Waals surface area (Å²) in [6, 6.07) is 0.296. The number of nitrogens with two attached hydrogens (primary N) is 1. The minimum atomic E-state index is 0.296. The van der Waals surface area contributed by atoms with Crippen molar-refractivity contribution < 1.29 is 0 Å². The number of rotatable bonds is 3. The van der Waals surface area contributed by atoms with Crippen molar-refractivity contribution in [3.8, 4) is 12.3 Å². The van der Waals surface area contributed by atoms with E-state index in [1.807, 2.05) is 0 Å². The monoisotopic (exact) mass is 166 g/mol. The molecule has 1 aliphatic rings. The van der Waals surface area contributed by atoms with E-state index in [0.29, 0.717) is 11.5 Å². The van der Waals surface area contributed by atoms with Gasteiger partial charge < -0.3 is 0 Å². The van der Waals surface area contributed by atoms with Crippen LogP contribution >= 0.6 is 0 Å². The van der Waals surface area contributed by atoms with Gasteiger partial charge in [0.05, 0.1) is 0 Å². The van der Waals surface area contributed by atoms with Crippen molar-refractivity contribution in [1.82, 2.24) is 5.43 Å². The number of hydrazine groups is 1. The van der Waals surface area contributed by atoms with Crippen molar-refractivity contribution >= 4 is 0 Å². The van der Waals surface area contributed by atoms with E-state index < -0.39 is 0 Å². The molecule has 2 heteroatoms. The van der Waals surface area contributed by atoms with Crippen LogP contribution in [0.2, 0.25) is 0 Å². The second kappa shape index (κ2) is 3.93. The first kappa shape index (κ1) is 9.57. The molecule has 0 saturated heterocycles. The molecule has 0 aliphatic heterocycles. The second-order valence-electron chi connectivity index (χ2n) is 3.99. The molecule has 0 heterocycles. The Morgan fingerprint density at radius 2 is 2.17 bits per heavy atom. The second-order valence-corrected chi connectivity index (χ2v) is 3.99. The predicted molar refractivity (Wildman–Crippen MR) is 51.1 cm³/mol. The minimum absolute atomic E-state index is 0.296. The van der Waals surface area contributed by atoms with Gasteiger partial charge in [0, 0.05) is 12.5 Å². The summed E-state index contributed by atoms with van der Waals surface area (Å²) in [5, 5.41) is 0. The van der Waals surface area contributed by atoms with Crippen LogP contribution in [0.4, 0.5) is 0 Å². The molecule has 1 atom stereocenters. The molecular weight excluding hydrogens is 148 g/mol. The van der Waals surface area contributed by atoms with Crippen molar-refractivity contribution in [1.29, 1.82) is 0 Å². The van der Waals surface area contributed by atoms with Crippen LogP contribution in [0.5, 0.6) is 0 Å². The SMILES string of the molecule is C#CCC(NN)C1(C)CCCC1. The van der Waals surface area contributed by atoms with E-state index >= 15 is 0 Å². The molecule has 0 aromatic heterocycles. The number of terminal acetylenes is 1. The van der Waals surface area contributed by atoms with Gasteiger partial charge in [0.2, 0.25) is 0 Å². The highest BCUT2D eigenvalue weighted by Crippen LogP contribution is 2.41. The summed E-state index contributed by atoms with van der Waals surface area (Å²) >= 11 is 0. The molecule has 1 aliphatic carbocycles. The summed E-state index contributed by atoms with van der Waals surface area (Å²) in [5.41, 5.74) is 3.18. The standard InChI is InChI=1S/C10H18N2/c1-3-6-9(12-11)10(2)7-4-5-8-10/h1,9,12H,4-8,11H2,2H3. The van der Waals surface area contributed by atoms with Crippen LogP contribution in [0.1, 0.15) is 39.0 Å². The first-order valence-corrected chi connectivity index (χ1v) is 4.62. The van der Waals surface area contributed by atoms with Crippen LogP contribution in [0, 0.1) is 17.8 Å². The van der Waals surface area contributed by atoms with Gasteiger partial charge in [-0.1, -0.05) is 19.8 Å². The predicted octanol–water partition coefficient (Wildman–Crippen LogP) is 1.42. The Morgan fingerprint density at radius 1 is 1.58 bits per heavy atom. The third kappa shape index (κ3) is 1.80. The molecule has 0 radical (unpaired) electrons. The summed E-state index contributed by atoms with van der Waals surface area (Å²) in [7, 11) is 0. The first-order valence-electron chi connectivity index (χ1n) is 4.62. The van der Waals surface area contributed by atoms with Gasteiger partial charge >= 0.3 is 0 Å². The highest BCUT2D eigenvalue weighted by Gasteiger charge is 2.35. The Bertz CT molecular complexity index is 175. The lowest BCUT2D eigenvalue weighted by atomic mass is 9.79. The Morgan fingerprint density at radius 3 is 2.58 bits per heavy atom. The number of nitrogens with one attached hydrogen (secondary N) is 1. The molecule has 68 valence electrons. The topological polar surface area (TPSA) is 38.0 Å². The average molecular weight is 166 g/mol. The summed E-state index contributed by atoms with van der Waals surface area (Å²) in [4.78, 5) is 0. The molecule has 1 unspecified atom stereocenters. The van der Waals surface area contributed by atoms with Crippen molar-refractivity contribution in [2.75, 3.05) is 0 Å². The van der Waals surface area contributed by atoms with Gasteiger partial charge in [0.25, 0.3) is 0 Å². The third-order valence-electron chi connectivity index (χ3n) is 3.11. The van der Waals surface area contributed by atoms with Crippen LogP contribution in [0.15, 0.2) is 0 Å². The van der Waals surface area contributed by atoms with Crippen molar-refractivity contribution in [3.05, 3.63) is 0 Å². The summed E-state index contributed by atoms with van der Waals surface area (Å²) in [5.74, 6) is 8.16. The summed E-state index contributed by atoms with van der Waals surface area (Å²) in [6.45, 7) is 2.28. The van der Waals surface area contributed by atoms with E-state index in [9.17, 15) is 0 Å². The molecule has 12 heavy (non-hydrogen) atoms. The van der Waals surface area contributed by atoms with Crippen molar-refractivity contribution in [3.63, 3.8) is 0 Å². The van der Waals surface area contributed by atoms with Crippen LogP contribution in [0.25, 0.3) is 0 Å². The maximum Gasteiger partial charge on any atom is 0.0373 e. The molecule has 0 aromatic rings. The lowest BCUT2D eigenvalue weighted by Gasteiger charge is -2.32. The number of hydrogen-bond acceptors (Lipinski definition) is 2. The molecule has 1 fully saturated rings. The molecule has 0 aromatic carbocycles. The highest BCUT2D eigenvalue weighted by atomic mass is 15.2. The fourth-order valence-corrected chi connectivity index (χ4v) is 2.16. The van der Waals surface area contributed by atoms with Gasteiger partial charge in [-0.15, -0.1) is 12.3 Å². The van der Waals surface area contributed by atoms with E-state index in [0.717, 1.165) is 6.42 Å². The van der Waals surface area contributed by atoms with Crippen LogP contribution in [-0.2, 0) is 0 Å². The number of hydrogen-bond donors (Lipinski definition) is 2. The van der Waals surface area contributed by atoms with Gasteiger partial charge in [-0.05, 0) is 18.3 Å². The van der Waals surface area contributed by atoms with Crippen LogP contribution < -0.4 is 11.3 Å². The van der Waals surface area contributed by atoms with E-state index in [1.54, 1.807) is 0 Å². The average Bonchev–Trinajstić information content (AvgIpc) is 2.49. The zero-order valence-electron chi connectivity index (χ0n) is 7.77. The molecule has 2 nitrogen and oxygen atoms in total. The minimum Gasteiger partial charge on any atom is -0.271 e. The maximum absolute atomic E-state index is 5.48. The smallest absolute Gasteiger partial charge is 0.0373 e. The highest BCUT2D eigenvalue weighted by molar-refractivity contribution is 4.98. The van der Waals surface area contributed by atoms with E-state index in [2.05, 4.69) is 18.3 Å². The van der Waals surface area contributed by atoms with E-state index in [-0.39, 0.29) is 0 Å². The van der Waals surface area contributed by atoms with Crippen LogP contribution in [0.3, 0.4) is 0 Å². The van der Waals surface area contributed by atoms with Crippen molar-refractivity contribution in [2.45, 2.75) is 45.1 Å². The zero-order valence-corrected chi connectivity index (χ0v) is 7.77. The Balaban J connectivity index is 2.57. The quantitative estimate of drug-likeness (QED) is 0.378. The zero-order chi connectivity index (χ0) is 9.03. The molecule has 1 rings (SSSR count). The first-order chi connectivity index (χ1) is 5.73. The fourth-order valence-electron chi connectivity index (χ4n) is 2.16. The summed E-state index contributed by atoms with van der Waals surface area (Å²) in [6.07, 6.45) is 11.2. The van der Waals surface area contributed by atoms with Gasteiger partial charge in [0.15, 0.2) is 0 Å². The summed E-state index contributed by atoms with van der Waals surface area (Å²) < 4.78 is 0. The molecule has 1 saturated carbocycles. The van der Waals surface area contributed by atoms with E-state index in [4.69, 9.17) is 12.3 Å². The van der Waals surface area contributed by atoms with Gasteiger partial charge in [-0.25, -0.2) is 0 Å². The van der Waals surface area contributed by atoms with Gasteiger partial charge in [-0.2, -0.15) is 0 Å². The van der Waals surface area contributed by atoms with Gasteiger partial charge in [-0.3, -0.25) is 11.3 Å². The van der Waals surface area contributed by atoms with Crippen molar-refractivity contribution in [2.24, 2.45) is 11.3 Å². The maximum atomic E-state index is 5.48. The van der Waals surface area contributed by atoms with Crippen LogP contribution in [-0.4, -0.2) is 6.04 Å². The molecule has 0 spiro atoms. The normalized spacial score (nSPS) is 23.4. The fraction of sp³-hybridized carbons (Fsp3) is 0.800. The molecule has 3 N–H and O–H groups in total. The lowest BCUT2D eigenvalue weighted by molar-refractivity contribution is 0.225. The van der Waals surface area contributed by atoms with E-state index in [1.165, 1.54) is 25.7 Å².